The Bertz CT molecular complexity index is 225. The summed E-state index contributed by atoms with van der Waals surface area (Å²) in [5.74, 6) is -0.201. The standard InChI is InChI=1S/C11H22N2O2/c1-7(2)10(14)5-9(6-11(12)15)13-8(3)4/h7-9,13H,5-6H2,1-4H3,(H2,12,15). The lowest BCUT2D eigenvalue weighted by Gasteiger charge is -2.20. The second kappa shape index (κ2) is 6.56. The first-order chi connectivity index (χ1) is 6.82. The maximum Gasteiger partial charge on any atom is 0.218 e. The highest BCUT2D eigenvalue weighted by atomic mass is 16.1. The molecule has 0 saturated carbocycles. The van der Waals surface area contributed by atoms with Crippen molar-refractivity contribution in [3.63, 3.8) is 0 Å². The quantitative estimate of drug-likeness (QED) is 0.659. The molecule has 0 aromatic rings. The van der Waals surface area contributed by atoms with Gasteiger partial charge < -0.3 is 11.1 Å². The molecular formula is C11H22N2O2. The fourth-order valence-electron chi connectivity index (χ4n) is 1.38. The van der Waals surface area contributed by atoms with Gasteiger partial charge in [-0.1, -0.05) is 27.7 Å². The number of primary amides is 1. The van der Waals surface area contributed by atoms with Gasteiger partial charge in [0.15, 0.2) is 0 Å². The van der Waals surface area contributed by atoms with Gasteiger partial charge in [0.05, 0.1) is 0 Å². The van der Waals surface area contributed by atoms with Crippen LogP contribution in [0.3, 0.4) is 0 Å². The predicted molar refractivity (Wildman–Crippen MR) is 60.3 cm³/mol. The molecule has 0 aliphatic rings. The minimum Gasteiger partial charge on any atom is -0.370 e. The van der Waals surface area contributed by atoms with E-state index in [0.29, 0.717) is 6.42 Å². The Morgan fingerprint density at radius 1 is 1.13 bits per heavy atom. The zero-order valence-electron chi connectivity index (χ0n) is 10.0. The van der Waals surface area contributed by atoms with Gasteiger partial charge in [-0.2, -0.15) is 0 Å². The summed E-state index contributed by atoms with van der Waals surface area (Å²) < 4.78 is 0. The number of nitrogens with two attached hydrogens (primary N) is 1. The van der Waals surface area contributed by atoms with Crippen LogP contribution in [-0.2, 0) is 9.59 Å². The van der Waals surface area contributed by atoms with E-state index >= 15 is 0 Å². The zero-order valence-corrected chi connectivity index (χ0v) is 10.0. The molecule has 0 saturated heterocycles. The van der Waals surface area contributed by atoms with Crippen LogP contribution >= 0.6 is 0 Å². The largest absolute Gasteiger partial charge is 0.370 e. The van der Waals surface area contributed by atoms with Crippen LogP contribution in [0.2, 0.25) is 0 Å². The third kappa shape index (κ3) is 7.08. The molecular weight excluding hydrogens is 192 g/mol. The van der Waals surface area contributed by atoms with E-state index in [4.69, 9.17) is 5.73 Å². The molecule has 0 aliphatic heterocycles. The van der Waals surface area contributed by atoms with Gasteiger partial charge in [-0.3, -0.25) is 9.59 Å². The van der Waals surface area contributed by atoms with Gasteiger partial charge in [0, 0.05) is 30.8 Å². The van der Waals surface area contributed by atoms with Crippen molar-refractivity contribution in [3.05, 3.63) is 0 Å². The maximum absolute atomic E-state index is 11.5. The van der Waals surface area contributed by atoms with Crippen molar-refractivity contribution < 1.29 is 9.59 Å². The highest BCUT2D eigenvalue weighted by Crippen LogP contribution is 2.06. The molecule has 88 valence electrons. The molecule has 0 aromatic heterocycles. The summed E-state index contributed by atoms with van der Waals surface area (Å²) in [7, 11) is 0. The lowest BCUT2D eigenvalue weighted by Crippen LogP contribution is -2.39. The maximum atomic E-state index is 11.5. The molecule has 0 fully saturated rings. The molecule has 0 heterocycles. The average molecular weight is 214 g/mol. The fourth-order valence-corrected chi connectivity index (χ4v) is 1.38. The minimum absolute atomic E-state index is 0.00865. The number of ketones is 1. The first-order valence-corrected chi connectivity index (χ1v) is 5.40. The molecule has 0 radical (unpaired) electrons. The fraction of sp³-hybridized carbons (Fsp3) is 0.818. The van der Waals surface area contributed by atoms with Gasteiger partial charge in [-0.15, -0.1) is 0 Å². The van der Waals surface area contributed by atoms with Crippen molar-refractivity contribution in [2.24, 2.45) is 11.7 Å². The van der Waals surface area contributed by atoms with Crippen LogP contribution in [0.4, 0.5) is 0 Å². The summed E-state index contributed by atoms with van der Waals surface area (Å²) in [4.78, 5) is 22.3. The number of amides is 1. The summed E-state index contributed by atoms with van der Waals surface area (Å²) in [6.45, 7) is 7.68. The molecule has 0 spiro atoms. The van der Waals surface area contributed by atoms with E-state index < -0.39 is 0 Å². The second-order valence-corrected chi connectivity index (χ2v) is 4.51. The van der Waals surface area contributed by atoms with Crippen LogP contribution in [0.5, 0.6) is 0 Å². The van der Waals surface area contributed by atoms with Gasteiger partial charge >= 0.3 is 0 Å². The Kier molecular flexibility index (Phi) is 6.17. The third-order valence-electron chi connectivity index (χ3n) is 2.11. The summed E-state index contributed by atoms with van der Waals surface area (Å²) in [5.41, 5.74) is 5.13. The van der Waals surface area contributed by atoms with Crippen molar-refractivity contribution in [3.8, 4) is 0 Å². The summed E-state index contributed by atoms with van der Waals surface area (Å²) >= 11 is 0. The number of hydrogen-bond donors (Lipinski definition) is 2. The molecule has 0 bridgehead atoms. The van der Waals surface area contributed by atoms with E-state index in [1.54, 1.807) is 0 Å². The van der Waals surface area contributed by atoms with Crippen molar-refractivity contribution in [1.82, 2.24) is 5.32 Å². The number of rotatable bonds is 7. The molecule has 4 heteroatoms. The van der Waals surface area contributed by atoms with Crippen molar-refractivity contribution >= 4 is 11.7 Å². The Hall–Kier alpha value is -0.900. The minimum atomic E-state index is -0.371. The summed E-state index contributed by atoms with van der Waals surface area (Å²) in [6.07, 6.45) is 0.593. The van der Waals surface area contributed by atoms with Crippen LogP contribution < -0.4 is 11.1 Å². The van der Waals surface area contributed by atoms with E-state index in [1.807, 2.05) is 27.7 Å². The monoisotopic (exact) mass is 214 g/mol. The smallest absolute Gasteiger partial charge is 0.218 e. The van der Waals surface area contributed by atoms with Crippen molar-refractivity contribution in [2.45, 2.75) is 52.6 Å². The van der Waals surface area contributed by atoms with Crippen LogP contribution in [-0.4, -0.2) is 23.8 Å². The lowest BCUT2D eigenvalue weighted by atomic mass is 9.99. The van der Waals surface area contributed by atoms with Crippen LogP contribution in [0, 0.1) is 5.92 Å². The van der Waals surface area contributed by atoms with E-state index in [0.717, 1.165) is 0 Å². The Labute approximate surface area is 91.6 Å². The van der Waals surface area contributed by atoms with Crippen LogP contribution in [0.1, 0.15) is 40.5 Å². The molecule has 4 nitrogen and oxygen atoms in total. The van der Waals surface area contributed by atoms with Crippen molar-refractivity contribution in [1.29, 1.82) is 0 Å². The van der Waals surface area contributed by atoms with Gasteiger partial charge in [-0.25, -0.2) is 0 Å². The highest BCUT2D eigenvalue weighted by Gasteiger charge is 2.18. The van der Waals surface area contributed by atoms with E-state index in [-0.39, 0.29) is 36.1 Å². The zero-order chi connectivity index (χ0) is 12.0. The number of carbonyl (C=O) groups is 2. The predicted octanol–water partition coefficient (Wildman–Crippen LogP) is 0.844. The first kappa shape index (κ1) is 14.1. The average Bonchev–Trinajstić information content (AvgIpc) is 2.00. The molecule has 1 atom stereocenters. The van der Waals surface area contributed by atoms with E-state index in [2.05, 4.69) is 5.32 Å². The molecule has 0 aromatic carbocycles. The van der Waals surface area contributed by atoms with Gasteiger partial charge in [-0.05, 0) is 0 Å². The Morgan fingerprint density at radius 2 is 1.67 bits per heavy atom. The van der Waals surface area contributed by atoms with Crippen LogP contribution in [0.15, 0.2) is 0 Å². The van der Waals surface area contributed by atoms with E-state index in [9.17, 15) is 9.59 Å². The second-order valence-electron chi connectivity index (χ2n) is 4.51. The number of Topliss-reactive ketones (excluding diaryl/α,β-unsaturated/α-hetero) is 1. The first-order valence-electron chi connectivity index (χ1n) is 5.40. The summed E-state index contributed by atoms with van der Waals surface area (Å²) in [6, 6.07) is 0.117. The normalized spacial score (nSPS) is 13.2. The number of carbonyl (C=O) groups excluding carboxylic acids is 2. The highest BCUT2D eigenvalue weighted by molar-refractivity contribution is 5.82. The Balaban J connectivity index is 4.23. The van der Waals surface area contributed by atoms with Crippen LogP contribution in [0.25, 0.3) is 0 Å². The van der Waals surface area contributed by atoms with E-state index in [1.165, 1.54) is 0 Å². The third-order valence-corrected chi connectivity index (χ3v) is 2.11. The van der Waals surface area contributed by atoms with Gasteiger partial charge in [0.1, 0.15) is 5.78 Å². The number of hydrogen-bond acceptors (Lipinski definition) is 3. The molecule has 0 aliphatic carbocycles. The van der Waals surface area contributed by atoms with Gasteiger partial charge in [0.25, 0.3) is 0 Å². The topological polar surface area (TPSA) is 72.2 Å². The summed E-state index contributed by atoms with van der Waals surface area (Å²) in [5, 5.41) is 3.18. The van der Waals surface area contributed by atoms with Crippen molar-refractivity contribution in [2.75, 3.05) is 0 Å². The van der Waals surface area contributed by atoms with Gasteiger partial charge in [0.2, 0.25) is 5.91 Å². The molecule has 0 rings (SSSR count). The lowest BCUT2D eigenvalue weighted by molar-refractivity contribution is -0.123. The molecule has 15 heavy (non-hydrogen) atoms. The molecule has 3 N–H and O–H groups in total. The molecule has 1 unspecified atom stereocenters. The molecule has 1 amide bonds. The SMILES string of the molecule is CC(C)NC(CC(N)=O)CC(=O)C(C)C. The number of nitrogens with one attached hydrogen (secondary N) is 1. The Morgan fingerprint density at radius 3 is 2.00 bits per heavy atom.